The summed E-state index contributed by atoms with van der Waals surface area (Å²) >= 11 is 0. The zero-order valence-electron chi connectivity index (χ0n) is 15.5. The maximum atomic E-state index is 12.9. The Morgan fingerprint density at radius 1 is 1.30 bits per heavy atom. The van der Waals surface area contributed by atoms with Crippen LogP contribution in [0.2, 0.25) is 0 Å². The molecule has 0 radical (unpaired) electrons. The fourth-order valence-electron chi connectivity index (χ4n) is 3.99. The highest BCUT2D eigenvalue weighted by molar-refractivity contribution is 5.84. The minimum absolute atomic E-state index is 0.113. The van der Waals surface area contributed by atoms with Crippen LogP contribution in [-0.2, 0) is 24.9 Å². The van der Waals surface area contributed by atoms with E-state index in [0.29, 0.717) is 12.5 Å². The number of fused-ring (bicyclic) bond motifs is 2. The molecule has 1 aromatic carbocycles. The van der Waals surface area contributed by atoms with Crippen LogP contribution in [0.1, 0.15) is 35.7 Å². The van der Waals surface area contributed by atoms with Crippen molar-refractivity contribution in [1.82, 2.24) is 19.8 Å². The van der Waals surface area contributed by atoms with E-state index in [4.69, 9.17) is 9.47 Å². The van der Waals surface area contributed by atoms with Gasteiger partial charge in [0.25, 0.3) is 0 Å². The highest BCUT2D eigenvalue weighted by Crippen LogP contribution is 2.34. The van der Waals surface area contributed by atoms with E-state index in [-0.39, 0.29) is 18.6 Å². The molecule has 5 rings (SSSR count). The third kappa shape index (κ3) is 3.27. The van der Waals surface area contributed by atoms with Gasteiger partial charge in [0, 0.05) is 33.2 Å². The number of hydrogen-bond acceptors (Lipinski definition) is 5. The summed E-state index contributed by atoms with van der Waals surface area (Å²) in [6.07, 6.45) is 4.28. The first-order valence-corrected chi connectivity index (χ1v) is 9.56. The van der Waals surface area contributed by atoms with Gasteiger partial charge in [-0.1, -0.05) is 6.07 Å². The first-order valence-electron chi connectivity index (χ1n) is 9.56. The Balaban J connectivity index is 1.34. The van der Waals surface area contributed by atoms with E-state index in [1.807, 2.05) is 30.1 Å². The molecule has 27 heavy (non-hydrogen) atoms. The van der Waals surface area contributed by atoms with Gasteiger partial charge in [0.15, 0.2) is 11.5 Å². The summed E-state index contributed by atoms with van der Waals surface area (Å²) < 4.78 is 12.9. The maximum absolute atomic E-state index is 12.9. The van der Waals surface area contributed by atoms with E-state index in [9.17, 15) is 4.79 Å². The van der Waals surface area contributed by atoms with E-state index < -0.39 is 0 Å². The molecule has 1 atom stereocenters. The summed E-state index contributed by atoms with van der Waals surface area (Å²) in [5.74, 6) is 2.19. The van der Waals surface area contributed by atoms with Gasteiger partial charge in [-0.2, -0.15) is 0 Å². The molecule has 0 bridgehead atoms. The number of carbonyl (C=O) groups is 1. The lowest BCUT2D eigenvalue weighted by Gasteiger charge is -2.32. The van der Waals surface area contributed by atoms with Gasteiger partial charge in [-0.05, 0) is 36.5 Å². The molecule has 142 valence electrons. The molecule has 1 aromatic heterocycles. The fourth-order valence-corrected chi connectivity index (χ4v) is 3.99. The van der Waals surface area contributed by atoms with Crippen molar-refractivity contribution in [2.45, 2.75) is 31.8 Å². The molecule has 2 aliphatic heterocycles. The molecule has 0 saturated heterocycles. The van der Waals surface area contributed by atoms with Crippen molar-refractivity contribution < 1.29 is 14.3 Å². The Morgan fingerprint density at radius 3 is 3.00 bits per heavy atom. The van der Waals surface area contributed by atoms with Crippen molar-refractivity contribution in [1.29, 1.82) is 0 Å². The van der Waals surface area contributed by atoms with E-state index in [0.717, 1.165) is 48.1 Å². The van der Waals surface area contributed by atoms with Crippen molar-refractivity contribution in [2.75, 3.05) is 19.9 Å². The minimum Gasteiger partial charge on any atom is -0.454 e. The van der Waals surface area contributed by atoms with Crippen molar-refractivity contribution in [3.05, 3.63) is 41.5 Å². The Labute approximate surface area is 158 Å². The van der Waals surface area contributed by atoms with Gasteiger partial charge in [-0.25, -0.2) is 4.98 Å². The first-order chi connectivity index (χ1) is 13.2. The largest absolute Gasteiger partial charge is 0.454 e. The smallest absolute Gasteiger partial charge is 0.231 e. The summed E-state index contributed by atoms with van der Waals surface area (Å²) in [5.41, 5.74) is 3.19. The van der Waals surface area contributed by atoms with Crippen molar-refractivity contribution >= 4 is 5.91 Å². The minimum atomic E-state index is -0.186. The van der Waals surface area contributed by atoms with Gasteiger partial charge in [0.05, 0.1) is 23.6 Å². The standard InChI is InChI=1S/C20H24N4O3/c1-23-11-22-16-10-24(8-14-4-5-17-18(6-14)27-12-26-17)9-15(19(16)23)20(25)21-7-13-2-3-13/h4-6,11,13,15H,2-3,7-10,12H2,1H3,(H,21,25). The Hall–Kier alpha value is -2.54. The number of hydrogen-bond donors (Lipinski definition) is 1. The van der Waals surface area contributed by atoms with E-state index in [1.165, 1.54) is 12.8 Å². The van der Waals surface area contributed by atoms with Gasteiger partial charge in [-0.15, -0.1) is 0 Å². The number of amides is 1. The highest BCUT2D eigenvalue weighted by atomic mass is 16.7. The molecule has 1 N–H and O–H groups in total. The van der Waals surface area contributed by atoms with Crippen LogP contribution in [0.3, 0.4) is 0 Å². The van der Waals surface area contributed by atoms with Gasteiger partial charge >= 0.3 is 0 Å². The molecule has 3 heterocycles. The number of rotatable bonds is 5. The van der Waals surface area contributed by atoms with Gasteiger partial charge in [0.1, 0.15) is 0 Å². The summed E-state index contributed by atoms with van der Waals surface area (Å²) in [5, 5.41) is 3.15. The molecule has 1 fully saturated rings. The first kappa shape index (κ1) is 16.6. The third-order valence-electron chi connectivity index (χ3n) is 5.63. The average Bonchev–Trinajstić information content (AvgIpc) is 3.26. The van der Waals surface area contributed by atoms with Crippen LogP contribution in [0, 0.1) is 5.92 Å². The predicted octanol–water partition coefficient (Wildman–Crippen LogP) is 1.77. The maximum Gasteiger partial charge on any atom is 0.231 e. The molecule has 0 spiro atoms. The van der Waals surface area contributed by atoms with Crippen LogP contribution in [0.4, 0.5) is 0 Å². The Morgan fingerprint density at radius 2 is 2.15 bits per heavy atom. The second-order valence-electron chi connectivity index (χ2n) is 7.79. The second-order valence-corrected chi connectivity index (χ2v) is 7.79. The Kier molecular flexibility index (Phi) is 4.04. The lowest BCUT2D eigenvalue weighted by molar-refractivity contribution is -0.123. The van der Waals surface area contributed by atoms with Crippen LogP contribution >= 0.6 is 0 Å². The number of carbonyl (C=O) groups excluding carboxylic acids is 1. The van der Waals surface area contributed by atoms with Crippen molar-refractivity contribution in [3.63, 3.8) is 0 Å². The molecule has 1 aliphatic carbocycles. The average molecular weight is 368 g/mol. The topological polar surface area (TPSA) is 68.6 Å². The number of aryl methyl sites for hydroxylation is 1. The lowest BCUT2D eigenvalue weighted by Crippen LogP contribution is -2.42. The van der Waals surface area contributed by atoms with Crippen LogP contribution in [-0.4, -0.2) is 40.2 Å². The molecule has 1 saturated carbocycles. The molecule has 2 aromatic rings. The number of nitrogens with zero attached hydrogens (tertiary/aromatic N) is 3. The zero-order valence-corrected chi connectivity index (χ0v) is 15.5. The molecule has 7 heteroatoms. The number of aromatic nitrogens is 2. The van der Waals surface area contributed by atoms with Crippen LogP contribution < -0.4 is 14.8 Å². The van der Waals surface area contributed by atoms with Gasteiger partial charge in [0.2, 0.25) is 12.7 Å². The third-order valence-corrected chi connectivity index (χ3v) is 5.63. The lowest BCUT2D eigenvalue weighted by atomic mass is 9.96. The quantitative estimate of drug-likeness (QED) is 0.871. The molecular formula is C20H24N4O3. The van der Waals surface area contributed by atoms with Crippen LogP contribution in [0.5, 0.6) is 11.5 Å². The van der Waals surface area contributed by atoms with Crippen LogP contribution in [0.25, 0.3) is 0 Å². The van der Waals surface area contributed by atoms with Crippen LogP contribution in [0.15, 0.2) is 24.5 Å². The molecule has 3 aliphatic rings. The van der Waals surface area contributed by atoms with E-state index >= 15 is 0 Å². The summed E-state index contributed by atoms with van der Waals surface area (Å²) in [6, 6.07) is 6.04. The number of benzene rings is 1. The van der Waals surface area contributed by atoms with E-state index in [2.05, 4.69) is 21.3 Å². The molecule has 7 nitrogen and oxygen atoms in total. The molecule has 1 amide bonds. The number of imidazole rings is 1. The SMILES string of the molecule is Cn1cnc2c1C(C(=O)NCC1CC1)CN(Cc1ccc3c(c1)OCO3)C2. The van der Waals surface area contributed by atoms with Gasteiger partial charge in [-0.3, -0.25) is 9.69 Å². The van der Waals surface area contributed by atoms with Crippen molar-refractivity contribution in [3.8, 4) is 11.5 Å². The van der Waals surface area contributed by atoms with E-state index in [1.54, 1.807) is 0 Å². The molecular weight excluding hydrogens is 344 g/mol. The monoisotopic (exact) mass is 368 g/mol. The highest BCUT2D eigenvalue weighted by Gasteiger charge is 2.34. The summed E-state index contributed by atoms with van der Waals surface area (Å²) in [7, 11) is 1.97. The fraction of sp³-hybridized carbons (Fsp3) is 0.500. The Bertz CT molecular complexity index is 874. The number of ether oxygens (including phenoxy) is 2. The predicted molar refractivity (Wildman–Crippen MR) is 98.4 cm³/mol. The second kappa shape index (κ2) is 6.56. The molecule has 1 unspecified atom stereocenters. The normalized spacial score (nSPS) is 21.1. The summed E-state index contributed by atoms with van der Waals surface area (Å²) in [6.45, 7) is 3.27. The van der Waals surface area contributed by atoms with Crippen molar-refractivity contribution in [2.24, 2.45) is 13.0 Å². The summed E-state index contributed by atoms with van der Waals surface area (Å²) in [4.78, 5) is 19.7. The number of nitrogens with one attached hydrogen (secondary N) is 1. The zero-order chi connectivity index (χ0) is 18.4. The van der Waals surface area contributed by atoms with Gasteiger partial charge < -0.3 is 19.4 Å².